The minimum absolute atomic E-state index is 0.126. The number of benzene rings is 2. The SMILES string of the molecule is COc1cc(NC(=O)CNCCCc2ccccc2)cc(OC)c1OC. The van der Waals surface area contributed by atoms with Gasteiger partial charge in [-0.2, -0.15) is 0 Å². The van der Waals surface area contributed by atoms with E-state index < -0.39 is 0 Å². The van der Waals surface area contributed by atoms with Gasteiger partial charge >= 0.3 is 0 Å². The van der Waals surface area contributed by atoms with Crippen LogP contribution in [-0.2, 0) is 11.2 Å². The average molecular weight is 358 g/mol. The van der Waals surface area contributed by atoms with Crippen LogP contribution in [0.3, 0.4) is 0 Å². The fraction of sp³-hybridized carbons (Fsp3) is 0.350. The van der Waals surface area contributed by atoms with Crippen LogP contribution in [0.15, 0.2) is 42.5 Å². The highest BCUT2D eigenvalue weighted by Crippen LogP contribution is 2.39. The molecule has 140 valence electrons. The minimum atomic E-state index is -0.126. The molecule has 0 radical (unpaired) electrons. The van der Waals surface area contributed by atoms with Gasteiger partial charge in [0.1, 0.15) is 0 Å². The van der Waals surface area contributed by atoms with Crippen molar-refractivity contribution >= 4 is 11.6 Å². The van der Waals surface area contributed by atoms with Gasteiger partial charge in [0, 0.05) is 17.8 Å². The Morgan fingerprint density at radius 3 is 2.19 bits per heavy atom. The van der Waals surface area contributed by atoms with Crippen molar-refractivity contribution in [3.63, 3.8) is 0 Å². The molecule has 0 aliphatic rings. The molecule has 0 aliphatic heterocycles. The fourth-order valence-corrected chi connectivity index (χ4v) is 2.62. The van der Waals surface area contributed by atoms with Crippen LogP contribution in [-0.4, -0.2) is 40.3 Å². The quantitative estimate of drug-likeness (QED) is 0.639. The summed E-state index contributed by atoms with van der Waals surface area (Å²) in [5.74, 6) is 1.36. The van der Waals surface area contributed by atoms with Gasteiger partial charge in [-0.15, -0.1) is 0 Å². The summed E-state index contributed by atoms with van der Waals surface area (Å²) in [4.78, 5) is 12.1. The predicted molar refractivity (Wildman–Crippen MR) is 102 cm³/mol. The first kappa shape index (κ1) is 19.6. The maximum Gasteiger partial charge on any atom is 0.238 e. The van der Waals surface area contributed by atoms with Crippen LogP contribution in [0.5, 0.6) is 17.2 Å². The molecular formula is C20H26N2O4. The zero-order valence-corrected chi connectivity index (χ0v) is 15.5. The molecule has 0 fully saturated rings. The van der Waals surface area contributed by atoms with Crippen molar-refractivity contribution in [2.75, 3.05) is 39.7 Å². The topological polar surface area (TPSA) is 68.8 Å². The molecule has 2 N–H and O–H groups in total. The number of aryl methyl sites for hydroxylation is 1. The number of hydrogen-bond donors (Lipinski definition) is 2. The number of carbonyl (C=O) groups is 1. The van der Waals surface area contributed by atoms with Crippen molar-refractivity contribution in [1.82, 2.24) is 5.32 Å². The number of rotatable bonds is 10. The number of hydrogen-bond acceptors (Lipinski definition) is 5. The molecule has 0 aliphatic carbocycles. The predicted octanol–water partition coefficient (Wildman–Crippen LogP) is 2.87. The number of nitrogens with one attached hydrogen (secondary N) is 2. The summed E-state index contributed by atoms with van der Waals surface area (Å²) in [6.07, 6.45) is 1.96. The van der Waals surface area contributed by atoms with E-state index >= 15 is 0 Å². The molecule has 2 aromatic carbocycles. The van der Waals surface area contributed by atoms with Gasteiger partial charge in [0.25, 0.3) is 0 Å². The molecule has 0 saturated heterocycles. The molecule has 2 rings (SSSR count). The van der Waals surface area contributed by atoms with Gasteiger partial charge in [-0.25, -0.2) is 0 Å². The van der Waals surface area contributed by atoms with Crippen molar-refractivity contribution in [2.24, 2.45) is 0 Å². The molecule has 6 heteroatoms. The third-order valence-electron chi connectivity index (χ3n) is 3.90. The summed E-state index contributed by atoms with van der Waals surface area (Å²) in [6, 6.07) is 13.7. The van der Waals surface area contributed by atoms with Crippen molar-refractivity contribution in [2.45, 2.75) is 12.8 Å². The Bertz CT molecular complexity index is 679. The molecule has 0 aromatic heterocycles. The van der Waals surface area contributed by atoms with E-state index in [9.17, 15) is 4.79 Å². The van der Waals surface area contributed by atoms with Gasteiger partial charge in [0.2, 0.25) is 11.7 Å². The molecule has 0 spiro atoms. The molecule has 0 saturated carbocycles. The number of anilines is 1. The Hall–Kier alpha value is -2.73. The van der Waals surface area contributed by atoms with E-state index in [2.05, 4.69) is 22.8 Å². The van der Waals surface area contributed by atoms with Gasteiger partial charge in [0.15, 0.2) is 11.5 Å². The molecule has 6 nitrogen and oxygen atoms in total. The summed E-state index contributed by atoms with van der Waals surface area (Å²) < 4.78 is 15.8. The Balaban J connectivity index is 1.80. The van der Waals surface area contributed by atoms with E-state index in [1.165, 1.54) is 26.9 Å². The first-order valence-electron chi connectivity index (χ1n) is 8.52. The Kier molecular flexibility index (Phi) is 7.76. The fourth-order valence-electron chi connectivity index (χ4n) is 2.62. The first-order valence-corrected chi connectivity index (χ1v) is 8.52. The van der Waals surface area contributed by atoms with Gasteiger partial charge in [-0.1, -0.05) is 30.3 Å². The smallest absolute Gasteiger partial charge is 0.238 e. The zero-order chi connectivity index (χ0) is 18.8. The summed E-state index contributed by atoms with van der Waals surface area (Å²) in [5, 5.41) is 5.99. The highest BCUT2D eigenvalue weighted by Gasteiger charge is 2.14. The van der Waals surface area contributed by atoms with E-state index in [-0.39, 0.29) is 12.5 Å². The molecule has 0 heterocycles. The van der Waals surface area contributed by atoms with E-state index in [0.717, 1.165) is 19.4 Å². The highest BCUT2D eigenvalue weighted by molar-refractivity contribution is 5.93. The van der Waals surface area contributed by atoms with Crippen LogP contribution >= 0.6 is 0 Å². The molecule has 0 bridgehead atoms. The van der Waals surface area contributed by atoms with Crippen LogP contribution in [0.25, 0.3) is 0 Å². The van der Waals surface area contributed by atoms with Crippen molar-refractivity contribution < 1.29 is 19.0 Å². The van der Waals surface area contributed by atoms with Gasteiger partial charge in [-0.05, 0) is 24.9 Å². The second-order valence-electron chi connectivity index (χ2n) is 5.73. The molecular weight excluding hydrogens is 332 g/mol. The Labute approximate surface area is 154 Å². The summed E-state index contributed by atoms with van der Waals surface area (Å²) in [6.45, 7) is 1.02. The molecule has 0 atom stereocenters. The zero-order valence-electron chi connectivity index (χ0n) is 15.5. The van der Waals surface area contributed by atoms with Crippen LogP contribution in [0.2, 0.25) is 0 Å². The number of carbonyl (C=O) groups excluding carboxylic acids is 1. The van der Waals surface area contributed by atoms with Crippen LogP contribution in [0.4, 0.5) is 5.69 Å². The second-order valence-corrected chi connectivity index (χ2v) is 5.73. The first-order chi connectivity index (χ1) is 12.7. The summed E-state index contributed by atoms with van der Waals surface area (Å²) in [7, 11) is 4.62. The summed E-state index contributed by atoms with van der Waals surface area (Å²) in [5.41, 5.74) is 1.90. The third-order valence-corrected chi connectivity index (χ3v) is 3.90. The van der Waals surface area contributed by atoms with Gasteiger partial charge in [-0.3, -0.25) is 4.79 Å². The number of methoxy groups -OCH3 is 3. The third kappa shape index (κ3) is 5.67. The number of ether oxygens (including phenoxy) is 3. The summed E-state index contributed by atoms with van der Waals surface area (Å²) >= 11 is 0. The average Bonchev–Trinajstić information content (AvgIpc) is 2.67. The maximum absolute atomic E-state index is 12.1. The lowest BCUT2D eigenvalue weighted by Crippen LogP contribution is -2.29. The van der Waals surface area contributed by atoms with Crippen molar-refractivity contribution in [3.8, 4) is 17.2 Å². The van der Waals surface area contributed by atoms with Crippen LogP contribution in [0.1, 0.15) is 12.0 Å². The molecule has 0 unspecified atom stereocenters. The van der Waals surface area contributed by atoms with E-state index in [0.29, 0.717) is 22.9 Å². The largest absolute Gasteiger partial charge is 0.493 e. The van der Waals surface area contributed by atoms with Crippen molar-refractivity contribution in [3.05, 3.63) is 48.0 Å². The van der Waals surface area contributed by atoms with Crippen LogP contribution in [0, 0.1) is 0 Å². The second kappa shape index (κ2) is 10.3. The van der Waals surface area contributed by atoms with E-state index in [1.807, 2.05) is 18.2 Å². The van der Waals surface area contributed by atoms with E-state index in [4.69, 9.17) is 14.2 Å². The Morgan fingerprint density at radius 1 is 0.962 bits per heavy atom. The van der Waals surface area contributed by atoms with Crippen molar-refractivity contribution in [1.29, 1.82) is 0 Å². The molecule has 2 aromatic rings. The van der Waals surface area contributed by atoms with Gasteiger partial charge in [0.05, 0.1) is 27.9 Å². The monoisotopic (exact) mass is 358 g/mol. The lowest BCUT2D eigenvalue weighted by Gasteiger charge is -2.14. The standard InChI is InChI=1S/C20H26N2O4/c1-24-17-12-16(13-18(25-2)20(17)26-3)22-19(23)14-21-11-7-10-15-8-5-4-6-9-15/h4-6,8-9,12-13,21H,7,10-11,14H2,1-3H3,(H,22,23). The lowest BCUT2D eigenvalue weighted by molar-refractivity contribution is -0.115. The highest BCUT2D eigenvalue weighted by atomic mass is 16.5. The Morgan fingerprint density at radius 2 is 1.62 bits per heavy atom. The normalized spacial score (nSPS) is 10.3. The molecule has 1 amide bonds. The van der Waals surface area contributed by atoms with E-state index in [1.54, 1.807) is 12.1 Å². The molecule has 26 heavy (non-hydrogen) atoms. The lowest BCUT2D eigenvalue weighted by atomic mass is 10.1. The van der Waals surface area contributed by atoms with Crippen LogP contribution < -0.4 is 24.8 Å². The maximum atomic E-state index is 12.1. The minimum Gasteiger partial charge on any atom is -0.493 e. The van der Waals surface area contributed by atoms with Gasteiger partial charge < -0.3 is 24.8 Å². The number of amides is 1.